The predicted molar refractivity (Wildman–Crippen MR) is 50.3 cm³/mol. The van der Waals surface area contributed by atoms with E-state index in [1.54, 1.807) is 31.6 Å². The minimum atomic E-state index is -0.00238. The number of aliphatic imine (C=N–C) groups is 1. The molecule has 0 atom stereocenters. The van der Waals surface area contributed by atoms with Gasteiger partial charge in [-0.25, -0.2) is 0 Å². The van der Waals surface area contributed by atoms with E-state index >= 15 is 0 Å². The van der Waals surface area contributed by atoms with E-state index in [0.717, 1.165) is 0 Å². The van der Waals surface area contributed by atoms with Crippen molar-refractivity contribution in [2.75, 3.05) is 20.3 Å². The summed E-state index contributed by atoms with van der Waals surface area (Å²) in [6, 6.07) is 3.57. The molecule has 0 fully saturated rings. The smallest absolute Gasteiger partial charge is 0.146 e. The molecule has 0 spiro atoms. The highest BCUT2D eigenvalue weighted by molar-refractivity contribution is 5.80. The molecule has 0 saturated heterocycles. The maximum atomic E-state index is 8.57. The second-order valence-corrected chi connectivity index (χ2v) is 2.35. The van der Waals surface area contributed by atoms with Gasteiger partial charge in [0, 0.05) is 13.2 Å². The summed E-state index contributed by atoms with van der Waals surface area (Å²) in [4.78, 5) is 7.91. The Bertz CT molecular complexity index is 287. The van der Waals surface area contributed by atoms with Gasteiger partial charge in [-0.05, 0) is 12.1 Å². The average molecular weight is 180 g/mol. The first-order chi connectivity index (χ1) is 6.38. The lowest BCUT2D eigenvalue weighted by atomic mass is 10.3. The van der Waals surface area contributed by atoms with Crippen LogP contribution in [0.4, 0.5) is 0 Å². The van der Waals surface area contributed by atoms with Crippen LogP contribution in [0.25, 0.3) is 0 Å². The number of aromatic nitrogens is 1. The SMILES string of the molecule is C/N=C/c1ncccc1OCCO. The van der Waals surface area contributed by atoms with Crippen LogP contribution in [0.3, 0.4) is 0 Å². The van der Waals surface area contributed by atoms with Crippen LogP contribution < -0.4 is 4.74 Å². The van der Waals surface area contributed by atoms with E-state index in [0.29, 0.717) is 11.4 Å². The van der Waals surface area contributed by atoms with Crippen LogP contribution in [0.2, 0.25) is 0 Å². The van der Waals surface area contributed by atoms with Gasteiger partial charge in [-0.2, -0.15) is 0 Å². The van der Waals surface area contributed by atoms with E-state index in [2.05, 4.69) is 9.98 Å². The standard InChI is InChI=1S/C9H12N2O2/c1-10-7-8-9(13-6-5-12)3-2-4-11-8/h2-4,7,12H,5-6H2,1H3/b10-7+. The highest BCUT2D eigenvalue weighted by Crippen LogP contribution is 2.12. The van der Waals surface area contributed by atoms with E-state index in [-0.39, 0.29) is 13.2 Å². The maximum Gasteiger partial charge on any atom is 0.146 e. The molecule has 1 heterocycles. The fourth-order valence-electron chi connectivity index (χ4n) is 0.900. The molecule has 1 rings (SSSR count). The fraction of sp³-hybridized carbons (Fsp3) is 0.333. The lowest BCUT2D eigenvalue weighted by Crippen LogP contribution is -2.04. The number of rotatable bonds is 4. The van der Waals surface area contributed by atoms with Crippen molar-refractivity contribution in [1.82, 2.24) is 4.98 Å². The van der Waals surface area contributed by atoms with Gasteiger partial charge in [0.1, 0.15) is 18.1 Å². The van der Waals surface area contributed by atoms with Gasteiger partial charge in [0.05, 0.1) is 12.8 Å². The van der Waals surface area contributed by atoms with E-state index < -0.39 is 0 Å². The minimum absolute atomic E-state index is 0.00238. The molecule has 0 aliphatic rings. The van der Waals surface area contributed by atoms with E-state index in [4.69, 9.17) is 9.84 Å². The number of ether oxygens (including phenoxy) is 1. The molecule has 0 unspecified atom stereocenters. The molecular weight excluding hydrogens is 168 g/mol. The van der Waals surface area contributed by atoms with Crippen LogP contribution in [-0.2, 0) is 0 Å². The summed E-state index contributed by atoms with van der Waals surface area (Å²) in [5.41, 5.74) is 0.679. The van der Waals surface area contributed by atoms with Gasteiger partial charge in [-0.3, -0.25) is 9.98 Å². The topological polar surface area (TPSA) is 54.7 Å². The van der Waals surface area contributed by atoms with Crippen molar-refractivity contribution >= 4 is 6.21 Å². The molecule has 1 aromatic rings. The van der Waals surface area contributed by atoms with Crippen molar-refractivity contribution in [1.29, 1.82) is 0 Å². The summed E-state index contributed by atoms with van der Waals surface area (Å²) in [6.45, 7) is 0.272. The van der Waals surface area contributed by atoms with Gasteiger partial charge in [-0.15, -0.1) is 0 Å². The summed E-state index contributed by atoms with van der Waals surface area (Å²) >= 11 is 0. The quantitative estimate of drug-likeness (QED) is 0.686. The van der Waals surface area contributed by atoms with Crippen molar-refractivity contribution in [2.24, 2.45) is 4.99 Å². The Morgan fingerprint density at radius 3 is 3.23 bits per heavy atom. The van der Waals surface area contributed by atoms with Crippen molar-refractivity contribution < 1.29 is 9.84 Å². The van der Waals surface area contributed by atoms with Gasteiger partial charge in [0.15, 0.2) is 0 Å². The first kappa shape index (κ1) is 9.67. The second kappa shape index (κ2) is 5.27. The third-order valence-electron chi connectivity index (χ3n) is 1.40. The molecule has 4 nitrogen and oxygen atoms in total. The second-order valence-electron chi connectivity index (χ2n) is 2.35. The molecule has 0 aliphatic carbocycles. The number of aliphatic hydroxyl groups excluding tert-OH is 1. The maximum absolute atomic E-state index is 8.57. The first-order valence-corrected chi connectivity index (χ1v) is 3.99. The highest BCUT2D eigenvalue weighted by Gasteiger charge is 1.99. The van der Waals surface area contributed by atoms with Gasteiger partial charge >= 0.3 is 0 Å². The Hall–Kier alpha value is -1.42. The largest absolute Gasteiger partial charge is 0.489 e. The molecular formula is C9H12N2O2. The zero-order chi connectivity index (χ0) is 9.52. The van der Waals surface area contributed by atoms with Crippen LogP contribution >= 0.6 is 0 Å². The predicted octanol–water partition coefficient (Wildman–Crippen LogP) is 0.501. The Labute approximate surface area is 76.9 Å². The van der Waals surface area contributed by atoms with Gasteiger partial charge in [-0.1, -0.05) is 0 Å². The summed E-state index contributed by atoms with van der Waals surface area (Å²) < 4.78 is 5.24. The van der Waals surface area contributed by atoms with E-state index in [1.165, 1.54) is 0 Å². The zero-order valence-corrected chi connectivity index (χ0v) is 7.47. The van der Waals surface area contributed by atoms with Gasteiger partial charge < -0.3 is 9.84 Å². The monoisotopic (exact) mass is 180 g/mol. The molecule has 1 N–H and O–H groups in total. The normalized spacial score (nSPS) is 10.6. The number of hydrogen-bond donors (Lipinski definition) is 1. The molecule has 0 amide bonds. The molecule has 0 bridgehead atoms. The summed E-state index contributed by atoms with van der Waals surface area (Å²) in [5.74, 6) is 0.641. The molecule has 0 aromatic carbocycles. The Morgan fingerprint density at radius 2 is 2.54 bits per heavy atom. The Kier molecular flexibility index (Phi) is 3.92. The lowest BCUT2D eigenvalue weighted by Gasteiger charge is -2.05. The lowest BCUT2D eigenvalue weighted by molar-refractivity contribution is 0.201. The molecule has 13 heavy (non-hydrogen) atoms. The number of pyridine rings is 1. The summed E-state index contributed by atoms with van der Waals surface area (Å²) in [7, 11) is 1.67. The van der Waals surface area contributed by atoms with Crippen LogP contribution in [-0.4, -0.2) is 36.6 Å². The van der Waals surface area contributed by atoms with Crippen LogP contribution in [0, 0.1) is 0 Å². The van der Waals surface area contributed by atoms with Gasteiger partial charge in [0.2, 0.25) is 0 Å². The Balaban J connectivity index is 2.78. The van der Waals surface area contributed by atoms with Crippen molar-refractivity contribution in [3.63, 3.8) is 0 Å². The highest BCUT2D eigenvalue weighted by atomic mass is 16.5. The molecule has 0 saturated carbocycles. The van der Waals surface area contributed by atoms with Crippen LogP contribution in [0.15, 0.2) is 23.3 Å². The number of aliphatic hydroxyl groups is 1. The van der Waals surface area contributed by atoms with Crippen LogP contribution in [0.1, 0.15) is 5.69 Å². The minimum Gasteiger partial charge on any atom is -0.489 e. The van der Waals surface area contributed by atoms with E-state index in [9.17, 15) is 0 Å². The van der Waals surface area contributed by atoms with E-state index in [1.807, 2.05) is 0 Å². The third-order valence-corrected chi connectivity index (χ3v) is 1.40. The Morgan fingerprint density at radius 1 is 1.69 bits per heavy atom. The fourth-order valence-corrected chi connectivity index (χ4v) is 0.900. The number of nitrogens with zero attached hydrogens (tertiary/aromatic N) is 2. The third kappa shape index (κ3) is 2.83. The van der Waals surface area contributed by atoms with Crippen molar-refractivity contribution in [3.8, 4) is 5.75 Å². The molecule has 4 heteroatoms. The molecule has 0 radical (unpaired) electrons. The zero-order valence-electron chi connectivity index (χ0n) is 7.47. The van der Waals surface area contributed by atoms with Crippen molar-refractivity contribution in [2.45, 2.75) is 0 Å². The summed E-state index contributed by atoms with van der Waals surface area (Å²) in [6.07, 6.45) is 3.29. The van der Waals surface area contributed by atoms with Gasteiger partial charge in [0.25, 0.3) is 0 Å². The molecule has 0 aliphatic heterocycles. The van der Waals surface area contributed by atoms with Crippen LogP contribution in [0.5, 0.6) is 5.75 Å². The van der Waals surface area contributed by atoms with Crippen molar-refractivity contribution in [3.05, 3.63) is 24.0 Å². The molecule has 70 valence electrons. The molecule has 1 aromatic heterocycles. The average Bonchev–Trinajstić information content (AvgIpc) is 2.17. The summed E-state index contributed by atoms with van der Waals surface area (Å²) in [5, 5.41) is 8.57. The number of hydrogen-bond acceptors (Lipinski definition) is 4. The first-order valence-electron chi connectivity index (χ1n) is 3.99.